The molecule has 0 spiro atoms. The standard InChI is InChI=1S/C6H11N2.C3H3N2/c1-3-8-5-4-7(2)6-8;4-2-1-3-5/h4-6H,3H2,1-2H3;2H,1H2/q+1;-1. The highest BCUT2D eigenvalue weighted by molar-refractivity contribution is 5.63. The lowest BCUT2D eigenvalue weighted by atomic mass is 10.5. The molecule has 4 heteroatoms. The lowest BCUT2D eigenvalue weighted by Gasteiger charge is -1.81. The Kier molecular flexibility index (Phi) is 6.16. The Bertz CT molecular complexity index is 282. The van der Waals surface area contributed by atoms with Gasteiger partial charge in [0.25, 0.3) is 0 Å². The molecular formula is C9H14N4. The van der Waals surface area contributed by atoms with Crippen molar-refractivity contribution in [3.8, 4) is 6.07 Å². The number of hydrogen-bond donors (Lipinski definition) is 0. The van der Waals surface area contributed by atoms with E-state index in [0.29, 0.717) is 0 Å². The van der Waals surface area contributed by atoms with Gasteiger partial charge < -0.3 is 5.41 Å². The van der Waals surface area contributed by atoms with Crippen LogP contribution in [0.5, 0.6) is 0 Å². The third-order valence-corrected chi connectivity index (χ3v) is 1.37. The maximum atomic E-state index is 7.72. The second-order valence-corrected chi connectivity index (χ2v) is 2.45. The molecule has 0 saturated heterocycles. The fourth-order valence-electron chi connectivity index (χ4n) is 0.730. The lowest BCUT2D eigenvalue weighted by molar-refractivity contribution is -0.671. The van der Waals surface area contributed by atoms with E-state index in [1.54, 1.807) is 6.07 Å². The van der Waals surface area contributed by atoms with Gasteiger partial charge in [-0.1, -0.05) is 0 Å². The molecule has 0 unspecified atom stereocenters. The van der Waals surface area contributed by atoms with Crippen LogP contribution in [0.4, 0.5) is 0 Å². The van der Waals surface area contributed by atoms with Crippen molar-refractivity contribution in [3.63, 3.8) is 0 Å². The smallest absolute Gasteiger partial charge is 0.243 e. The normalized spacial score (nSPS) is 8.08. The summed E-state index contributed by atoms with van der Waals surface area (Å²) in [6.07, 6.45) is 7.09. The average Bonchev–Trinajstić information content (AvgIpc) is 2.54. The minimum Gasteiger partial charge on any atom is -0.813 e. The SMILES string of the molecule is CCn1cc[n+](C)c1.N#CCC=[N-]. The van der Waals surface area contributed by atoms with E-state index in [1.807, 2.05) is 17.8 Å². The maximum absolute atomic E-state index is 7.72. The van der Waals surface area contributed by atoms with Crippen LogP contribution in [0, 0.1) is 11.3 Å². The van der Waals surface area contributed by atoms with Gasteiger partial charge in [0.05, 0.1) is 19.7 Å². The Balaban J connectivity index is 0.000000252. The van der Waals surface area contributed by atoms with Gasteiger partial charge >= 0.3 is 0 Å². The van der Waals surface area contributed by atoms with Gasteiger partial charge in [-0.2, -0.15) is 5.26 Å². The first-order valence-corrected chi connectivity index (χ1v) is 4.08. The van der Waals surface area contributed by atoms with Gasteiger partial charge in [0.2, 0.25) is 6.33 Å². The van der Waals surface area contributed by atoms with Gasteiger partial charge in [0.1, 0.15) is 12.4 Å². The molecule has 0 radical (unpaired) electrons. The quantitative estimate of drug-likeness (QED) is 0.489. The van der Waals surface area contributed by atoms with Gasteiger partial charge in [-0.05, 0) is 6.92 Å². The molecule has 0 aliphatic heterocycles. The number of rotatable bonds is 2. The Hall–Kier alpha value is -1.63. The van der Waals surface area contributed by atoms with Crippen molar-refractivity contribution in [2.45, 2.75) is 19.9 Å². The zero-order valence-corrected chi connectivity index (χ0v) is 8.01. The van der Waals surface area contributed by atoms with Gasteiger partial charge in [-0.25, -0.2) is 15.3 Å². The van der Waals surface area contributed by atoms with E-state index in [-0.39, 0.29) is 6.42 Å². The number of aryl methyl sites for hydroxylation is 2. The molecule has 1 heterocycles. The lowest BCUT2D eigenvalue weighted by Crippen LogP contribution is -2.23. The van der Waals surface area contributed by atoms with Gasteiger partial charge in [0.15, 0.2) is 0 Å². The predicted octanol–water partition coefficient (Wildman–Crippen LogP) is 0.873. The Morgan fingerprint density at radius 1 is 1.69 bits per heavy atom. The van der Waals surface area contributed by atoms with Crippen LogP contribution in [-0.2, 0) is 13.6 Å². The second kappa shape index (κ2) is 7.04. The van der Waals surface area contributed by atoms with Crippen molar-refractivity contribution in [2.24, 2.45) is 7.05 Å². The summed E-state index contributed by atoms with van der Waals surface area (Å²) in [4.78, 5) is 0. The highest BCUT2D eigenvalue weighted by atomic mass is 15.1. The molecule has 0 saturated carbocycles. The van der Waals surface area contributed by atoms with E-state index < -0.39 is 0 Å². The van der Waals surface area contributed by atoms with Crippen LogP contribution in [0.3, 0.4) is 0 Å². The Morgan fingerprint density at radius 2 is 2.38 bits per heavy atom. The van der Waals surface area contributed by atoms with Crippen LogP contribution in [0.2, 0.25) is 0 Å². The van der Waals surface area contributed by atoms with Crippen molar-refractivity contribution >= 4 is 6.21 Å². The summed E-state index contributed by atoms with van der Waals surface area (Å²) in [5, 5.41) is 15.3. The van der Waals surface area contributed by atoms with Crippen molar-refractivity contribution in [1.29, 1.82) is 5.26 Å². The molecular weight excluding hydrogens is 164 g/mol. The molecule has 0 fully saturated rings. The molecule has 4 nitrogen and oxygen atoms in total. The number of imidazole rings is 1. The number of hydrogen-bond acceptors (Lipinski definition) is 1. The zero-order chi connectivity index (χ0) is 10.1. The Morgan fingerprint density at radius 3 is 2.54 bits per heavy atom. The van der Waals surface area contributed by atoms with Crippen molar-refractivity contribution < 1.29 is 4.57 Å². The minimum atomic E-state index is 0.125. The van der Waals surface area contributed by atoms with E-state index in [4.69, 9.17) is 10.7 Å². The second-order valence-electron chi connectivity index (χ2n) is 2.45. The predicted molar refractivity (Wildman–Crippen MR) is 50.9 cm³/mol. The summed E-state index contributed by atoms with van der Waals surface area (Å²) in [5.41, 5.74) is 0. The first kappa shape index (κ1) is 11.4. The summed E-state index contributed by atoms with van der Waals surface area (Å²) in [7, 11) is 2.02. The average molecular weight is 178 g/mol. The number of nitriles is 1. The maximum Gasteiger partial charge on any atom is 0.243 e. The van der Waals surface area contributed by atoms with E-state index in [9.17, 15) is 0 Å². The van der Waals surface area contributed by atoms with E-state index >= 15 is 0 Å². The monoisotopic (exact) mass is 178 g/mol. The van der Waals surface area contributed by atoms with Crippen molar-refractivity contribution in [3.05, 3.63) is 24.1 Å². The summed E-state index contributed by atoms with van der Waals surface area (Å²) in [6.45, 7) is 3.18. The van der Waals surface area contributed by atoms with Gasteiger partial charge in [0, 0.05) is 6.42 Å². The molecule has 0 aliphatic carbocycles. The molecule has 0 aromatic carbocycles. The zero-order valence-electron chi connectivity index (χ0n) is 8.01. The third kappa shape index (κ3) is 5.62. The molecule has 70 valence electrons. The fourth-order valence-corrected chi connectivity index (χ4v) is 0.730. The molecule has 1 aromatic rings. The molecule has 1 rings (SSSR count). The van der Waals surface area contributed by atoms with E-state index in [0.717, 1.165) is 12.8 Å². The first-order valence-electron chi connectivity index (χ1n) is 4.08. The summed E-state index contributed by atoms with van der Waals surface area (Å²) in [5.74, 6) is 0. The summed E-state index contributed by atoms with van der Waals surface area (Å²) < 4.78 is 4.16. The fraction of sp³-hybridized carbons (Fsp3) is 0.444. The number of aromatic nitrogens is 2. The minimum absolute atomic E-state index is 0.125. The van der Waals surface area contributed by atoms with Crippen molar-refractivity contribution in [2.75, 3.05) is 0 Å². The largest absolute Gasteiger partial charge is 0.813 e. The van der Waals surface area contributed by atoms with E-state index in [2.05, 4.69) is 24.0 Å². The van der Waals surface area contributed by atoms with E-state index in [1.165, 1.54) is 0 Å². The molecule has 0 amide bonds. The summed E-state index contributed by atoms with van der Waals surface area (Å²) in [6, 6.07) is 1.71. The highest BCUT2D eigenvalue weighted by Crippen LogP contribution is 1.79. The van der Waals surface area contributed by atoms with Gasteiger partial charge in [-0.3, -0.25) is 0 Å². The van der Waals surface area contributed by atoms with Crippen LogP contribution in [0.1, 0.15) is 13.3 Å². The number of nitrogens with zero attached hydrogens (tertiary/aromatic N) is 4. The molecule has 0 N–H and O–H groups in total. The molecule has 13 heavy (non-hydrogen) atoms. The molecule has 0 atom stereocenters. The third-order valence-electron chi connectivity index (χ3n) is 1.37. The Labute approximate surface area is 78.6 Å². The van der Waals surface area contributed by atoms with Crippen LogP contribution < -0.4 is 4.57 Å². The van der Waals surface area contributed by atoms with Crippen LogP contribution in [-0.4, -0.2) is 10.8 Å². The summed E-state index contributed by atoms with van der Waals surface area (Å²) >= 11 is 0. The van der Waals surface area contributed by atoms with Gasteiger partial charge in [-0.15, -0.1) is 0 Å². The topological polar surface area (TPSA) is 54.9 Å². The van der Waals surface area contributed by atoms with Crippen LogP contribution in [0.15, 0.2) is 18.7 Å². The molecule has 1 aromatic heterocycles. The van der Waals surface area contributed by atoms with Crippen LogP contribution >= 0.6 is 0 Å². The molecule has 0 aliphatic rings. The van der Waals surface area contributed by atoms with Crippen molar-refractivity contribution in [1.82, 2.24) is 4.57 Å². The highest BCUT2D eigenvalue weighted by Gasteiger charge is 1.92. The molecule has 0 bridgehead atoms. The first-order chi connectivity index (χ1) is 6.24. The van der Waals surface area contributed by atoms with Crippen LogP contribution in [0.25, 0.3) is 5.41 Å².